The minimum atomic E-state index is -0.921. The molecule has 0 saturated heterocycles. The summed E-state index contributed by atoms with van der Waals surface area (Å²) in [5.41, 5.74) is 3.04. The standard InChI is InChI=1S/C20H30O3/c1-19(2,3)15-9-8-12-10-14(18(21)22)16(23-7)11-13(12)17(15)20(4,5)6/h10-11,15,17H,8-9H2,1-7H3,(H,21,22). The number of hydrogen-bond donors (Lipinski definition) is 1. The first kappa shape index (κ1) is 17.8. The largest absolute Gasteiger partial charge is 0.496 e. The van der Waals surface area contributed by atoms with E-state index in [1.165, 1.54) is 11.1 Å². The molecule has 0 saturated carbocycles. The number of carboxylic acid groups (broad SMARTS) is 1. The van der Waals surface area contributed by atoms with Crippen LogP contribution in [0.2, 0.25) is 0 Å². The zero-order valence-electron chi connectivity index (χ0n) is 15.5. The van der Waals surface area contributed by atoms with Crippen LogP contribution >= 0.6 is 0 Å². The van der Waals surface area contributed by atoms with Crippen molar-refractivity contribution in [1.29, 1.82) is 0 Å². The lowest BCUT2D eigenvalue weighted by Crippen LogP contribution is -2.38. The van der Waals surface area contributed by atoms with Crippen molar-refractivity contribution in [2.75, 3.05) is 7.11 Å². The molecule has 2 atom stereocenters. The maximum atomic E-state index is 11.5. The van der Waals surface area contributed by atoms with Gasteiger partial charge in [0.2, 0.25) is 0 Å². The minimum Gasteiger partial charge on any atom is -0.496 e. The Bertz CT molecular complexity index is 603. The predicted octanol–water partition coefficient (Wildman–Crippen LogP) is 5.13. The van der Waals surface area contributed by atoms with Gasteiger partial charge in [-0.3, -0.25) is 0 Å². The molecule has 1 aromatic rings. The first-order valence-corrected chi connectivity index (χ1v) is 8.41. The topological polar surface area (TPSA) is 46.5 Å². The number of methoxy groups -OCH3 is 1. The van der Waals surface area contributed by atoms with Crippen LogP contribution in [0.1, 0.15) is 75.4 Å². The van der Waals surface area contributed by atoms with Gasteiger partial charge in [0.1, 0.15) is 11.3 Å². The lowest BCUT2D eigenvalue weighted by molar-refractivity contribution is 0.0692. The number of fused-ring (bicyclic) bond motifs is 1. The molecule has 0 aromatic heterocycles. The lowest BCUT2D eigenvalue weighted by Gasteiger charge is -2.47. The molecule has 23 heavy (non-hydrogen) atoms. The second kappa shape index (κ2) is 5.85. The minimum absolute atomic E-state index is 0.114. The van der Waals surface area contributed by atoms with Crippen molar-refractivity contribution < 1.29 is 14.6 Å². The molecular formula is C20H30O3. The quantitative estimate of drug-likeness (QED) is 0.822. The average molecular weight is 318 g/mol. The fourth-order valence-corrected chi connectivity index (χ4v) is 4.18. The third kappa shape index (κ3) is 3.39. The van der Waals surface area contributed by atoms with E-state index in [1.54, 1.807) is 7.11 Å². The monoisotopic (exact) mass is 318 g/mol. The van der Waals surface area contributed by atoms with Gasteiger partial charge < -0.3 is 9.84 Å². The summed E-state index contributed by atoms with van der Waals surface area (Å²) in [6.45, 7) is 13.8. The molecule has 0 aliphatic heterocycles. The van der Waals surface area contributed by atoms with Gasteiger partial charge in [0, 0.05) is 0 Å². The smallest absolute Gasteiger partial charge is 0.339 e. The Morgan fingerprint density at radius 1 is 1.13 bits per heavy atom. The van der Waals surface area contributed by atoms with Crippen molar-refractivity contribution in [2.24, 2.45) is 16.7 Å². The van der Waals surface area contributed by atoms with Gasteiger partial charge >= 0.3 is 5.97 Å². The van der Waals surface area contributed by atoms with Gasteiger partial charge in [0.25, 0.3) is 0 Å². The predicted molar refractivity (Wildman–Crippen MR) is 93.4 cm³/mol. The van der Waals surface area contributed by atoms with Gasteiger partial charge in [-0.1, -0.05) is 41.5 Å². The number of benzene rings is 1. The third-order valence-corrected chi connectivity index (χ3v) is 5.20. The van der Waals surface area contributed by atoms with E-state index in [0.717, 1.165) is 12.8 Å². The number of hydrogen-bond acceptors (Lipinski definition) is 2. The zero-order valence-corrected chi connectivity index (χ0v) is 15.5. The maximum Gasteiger partial charge on any atom is 0.339 e. The molecule has 128 valence electrons. The molecule has 0 heterocycles. The number of rotatable bonds is 2. The van der Waals surface area contributed by atoms with Crippen LogP contribution in [-0.2, 0) is 6.42 Å². The van der Waals surface area contributed by atoms with Gasteiger partial charge in [-0.15, -0.1) is 0 Å². The van der Waals surface area contributed by atoms with E-state index < -0.39 is 5.97 Å². The summed E-state index contributed by atoms with van der Waals surface area (Å²) in [5.74, 6) is 0.508. The Balaban J connectivity index is 2.65. The molecular weight excluding hydrogens is 288 g/mol. The summed E-state index contributed by atoms with van der Waals surface area (Å²) in [5, 5.41) is 9.43. The highest BCUT2D eigenvalue weighted by atomic mass is 16.5. The van der Waals surface area contributed by atoms with Crippen LogP contribution in [0.3, 0.4) is 0 Å². The van der Waals surface area contributed by atoms with E-state index in [-0.39, 0.29) is 16.4 Å². The van der Waals surface area contributed by atoms with Crippen LogP contribution in [-0.4, -0.2) is 18.2 Å². The lowest BCUT2D eigenvalue weighted by atomic mass is 9.57. The fraction of sp³-hybridized carbons (Fsp3) is 0.650. The zero-order chi connectivity index (χ0) is 17.6. The van der Waals surface area contributed by atoms with Crippen LogP contribution in [0.15, 0.2) is 12.1 Å². The first-order valence-electron chi connectivity index (χ1n) is 8.41. The number of ether oxygens (including phenoxy) is 1. The molecule has 1 N–H and O–H groups in total. The van der Waals surface area contributed by atoms with E-state index in [1.807, 2.05) is 12.1 Å². The fourth-order valence-electron chi connectivity index (χ4n) is 4.18. The highest BCUT2D eigenvalue weighted by Crippen LogP contribution is 2.53. The first-order chi connectivity index (χ1) is 10.5. The maximum absolute atomic E-state index is 11.5. The summed E-state index contributed by atoms with van der Waals surface area (Å²) in [7, 11) is 1.55. The van der Waals surface area contributed by atoms with E-state index >= 15 is 0 Å². The molecule has 1 aliphatic carbocycles. The van der Waals surface area contributed by atoms with Gasteiger partial charge in [0.05, 0.1) is 7.11 Å². The molecule has 2 rings (SSSR count). The van der Waals surface area contributed by atoms with Gasteiger partial charge in [-0.2, -0.15) is 0 Å². The van der Waals surface area contributed by atoms with Crippen molar-refractivity contribution >= 4 is 5.97 Å². The summed E-state index contributed by atoms with van der Waals surface area (Å²) in [6.07, 6.45) is 2.04. The molecule has 0 radical (unpaired) electrons. The van der Waals surface area contributed by atoms with Crippen molar-refractivity contribution in [3.05, 3.63) is 28.8 Å². The summed E-state index contributed by atoms with van der Waals surface area (Å²) in [4.78, 5) is 11.5. The Kier molecular flexibility index (Phi) is 4.53. The molecule has 3 heteroatoms. The van der Waals surface area contributed by atoms with Crippen molar-refractivity contribution in [3.63, 3.8) is 0 Å². The van der Waals surface area contributed by atoms with Gasteiger partial charge in [-0.25, -0.2) is 4.79 Å². The second-order valence-electron chi connectivity index (χ2n) is 8.91. The summed E-state index contributed by atoms with van der Waals surface area (Å²) < 4.78 is 5.37. The van der Waals surface area contributed by atoms with Crippen LogP contribution in [0.5, 0.6) is 5.75 Å². The average Bonchev–Trinajstić information content (AvgIpc) is 2.42. The Hall–Kier alpha value is -1.51. The number of aryl methyl sites for hydroxylation is 1. The SMILES string of the molecule is COc1cc2c(cc1C(=O)O)CCC(C(C)(C)C)C2C(C)(C)C. The van der Waals surface area contributed by atoms with Gasteiger partial charge in [0.15, 0.2) is 0 Å². The van der Waals surface area contributed by atoms with E-state index in [0.29, 0.717) is 17.6 Å². The molecule has 0 bridgehead atoms. The normalized spacial score (nSPS) is 21.7. The van der Waals surface area contributed by atoms with E-state index in [9.17, 15) is 9.90 Å². The molecule has 0 fully saturated rings. The highest BCUT2D eigenvalue weighted by molar-refractivity contribution is 5.91. The van der Waals surface area contributed by atoms with Crippen LogP contribution in [0.25, 0.3) is 0 Å². The Morgan fingerprint density at radius 3 is 2.17 bits per heavy atom. The summed E-state index contributed by atoms with van der Waals surface area (Å²) in [6, 6.07) is 3.81. The van der Waals surface area contributed by atoms with Crippen LogP contribution in [0.4, 0.5) is 0 Å². The molecule has 1 aliphatic rings. The van der Waals surface area contributed by atoms with E-state index in [2.05, 4.69) is 41.5 Å². The Morgan fingerprint density at radius 2 is 1.74 bits per heavy atom. The summed E-state index contributed by atoms with van der Waals surface area (Å²) >= 11 is 0. The Labute approximate surface area is 140 Å². The van der Waals surface area contributed by atoms with Crippen molar-refractivity contribution in [1.82, 2.24) is 0 Å². The van der Waals surface area contributed by atoms with Crippen molar-refractivity contribution in [3.8, 4) is 5.75 Å². The number of carboxylic acids is 1. The molecule has 1 aromatic carbocycles. The van der Waals surface area contributed by atoms with Gasteiger partial charge in [-0.05, 0) is 58.8 Å². The third-order valence-electron chi connectivity index (χ3n) is 5.20. The molecule has 3 nitrogen and oxygen atoms in total. The molecule has 2 unspecified atom stereocenters. The van der Waals surface area contributed by atoms with E-state index in [4.69, 9.17) is 4.74 Å². The van der Waals surface area contributed by atoms with Crippen LogP contribution < -0.4 is 4.74 Å². The van der Waals surface area contributed by atoms with Crippen molar-refractivity contribution in [2.45, 2.75) is 60.3 Å². The number of carbonyl (C=O) groups is 1. The highest BCUT2D eigenvalue weighted by Gasteiger charge is 2.43. The van der Waals surface area contributed by atoms with Crippen LogP contribution in [0, 0.1) is 16.7 Å². The molecule has 0 spiro atoms. The number of aromatic carboxylic acids is 1. The second-order valence-corrected chi connectivity index (χ2v) is 8.91. The molecule has 0 amide bonds.